The number of halogens is 1. The Kier molecular flexibility index (Phi) is 8.39. The van der Waals surface area contributed by atoms with Gasteiger partial charge in [0.05, 0.1) is 0 Å². The molecule has 1 aromatic carbocycles. The molecule has 0 spiro atoms. The lowest BCUT2D eigenvalue weighted by Gasteiger charge is -2.22. The predicted octanol–water partition coefficient (Wildman–Crippen LogP) is 3.96. The van der Waals surface area contributed by atoms with Crippen molar-refractivity contribution >= 4 is 35.6 Å². The van der Waals surface area contributed by atoms with Crippen molar-refractivity contribution in [3.63, 3.8) is 0 Å². The maximum absolute atomic E-state index is 12.2. The van der Waals surface area contributed by atoms with Crippen LogP contribution in [0.25, 0.3) is 0 Å². The molecule has 0 radical (unpaired) electrons. The van der Waals surface area contributed by atoms with Crippen LogP contribution in [0.2, 0.25) is 0 Å². The molecule has 1 aliphatic heterocycles. The molecule has 1 saturated carbocycles. The number of hydrogen-bond acceptors (Lipinski definition) is 3. The predicted molar refractivity (Wildman–Crippen MR) is 108 cm³/mol. The van der Waals surface area contributed by atoms with Gasteiger partial charge in [-0.1, -0.05) is 19.3 Å². The summed E-state index contributed by atoms with van der Waals surface area (Å²) in [4.78, 5) is 24.4. The Bertz CT molecular complexity index is 579. The first-order valence-electron chi connectivity index (χ1n) is 9.62. The average molecular weight is 380 g/mol. The normalized spacial score (nSPS) is 18.6. The maximum atomic E-state index is 12.2. The highest BCUT2D eigenvalue weighted by Gasteiger charge is 2.21. The number of rotatable bonds is 5. The van der Waals surface area contributed by atoms with Gasteiger partial charge < -0.3 is 16.0 Å². The Morgan fingerprint density at radius 3 is 2.08 bits per heavy atom. The van der Waals surface area contributed by atoms with Gasteiger partial charge in [-0.25, -0.2) is 0 Å². The van der Waals surface area contributed by atoms with Gasteiger partial charge in [0, 0.05) is 23.7 Å². The third kappa shape index (κ3) is 6.29. The largest absolute Gasteiger partial charge is 0.326 e. The molecule has 2 aliphatic rings. The zero-order valence-electron chi connectivity index (χ0n) is 15.3. The molecule has 0 atom stereocenters. The number of benzene rings is 1. The van der Waals surface area contributed by atoms with Gasteiger partial charge in [0.15, 0.2) is 0 Å². The topological polar surface area (TPSA) is 70.2 Å². The van der Waals surface area contributed by atoms with Crippen molar-refractivity contribution < 1.29 is 9.59 Å². The van der Waals surface area contributed by atoms with Gasteiger partial charge in [-0.2, -0.15) is 0 Å². The van der Waals surface area contributed by atoms with Crippen molar-refractivity contribution in [2.75, 3.05) is 23.7 Å². The van der Waals surface area contributed by atoms with Gasteiger partial charge in [0.25, 0.3) is 0 Å². The first-order valence-corrected chi connectivity index (χ1v) is 9.62. The van der Waals surface area contributed by atoms with Crippen LogP contribution >= 0.6 is 12.4 Å². The number of hydrogen-bond donors (Lipinski definition) is 3. The molecule has 1 heterocycles. The number of nitrogens with one attached hydrogen (secondary N) is 3. The molecular weight excluding hydrogens is 350 g/mol. The Hall–Kier alpha value is -1.59. The van der Waals surface area contributed by atoms with Crippen LogP contribution in [0.3, 0.4) is 0 Å². The third-order valence-corrected chi connectivity index (χ3v) is 5.34. The molecule has 1 saturated heterocycles. The number of carbonyl (C=O) groups is 2. The maximum Gasteiger partial charge on any atom is 0.227 e. The molecule has 144 valence electrons. The highest BCUT2D eigenvalue weighted by atomic mass is 35.5. The van der Waals surface area contributed by atoms with Crippen LogP contribution in [0, 0.1) is 11.8 Å². The summed E-state index contributed by atoms with van der Waals surface area (Å²) in [7, 11) is 0. The van der Waals surface area contributed by atoms with Crippen LogP contribution in [0.5, 0.6) is 0 Å². The molecule has 2 amide bonds. The van der Waals surface area contributed by atoms with E-state index in [0.29, 0.717) is 12.3 Å². The molecule has 26 heavy (non-hydrogen) atoms. The second-order valence-electron chi connectivity index (χ2n) is 7.35. The monoisotopic (exact) mass is 379 g/mol. The van der Waals surface area contributed by atoms with Crippen LogP contribution < -0.4 is 16.0 Å². The SMILES string of the molecule is Cl.O=C(CC1CCCCC1)Nc1ccc(NC(=O)C2CCNCC2)cc1. The number of piperidine rings is 1. The first-order chi connectivity index (χ1) is 12.2. The van der Waals surface area contributed by atoms with E-state index in [-0.39, 0.29) is 30.1 Å². The van der Waals surface area contributed by atoms with Crippen LogP contribution in [0.4, 0.5) is 11.4 Å². The van der Waals surface area contributed by atoms with E-state index in [1.54, 1.807) is 0 Å². The lowest BCUT2D eigenvalue weighted by Crippen LogP contribution is -2.34. The summed E-state index contributed by atoms with van der Waals surface area (Å²) in [6.45, 7) is 1.81. The minimum Gasteiger partial charge on any atom is -0.326 e. The minimum absolute atomic E-state index is 0. The van der Waals surface area contributed by atoms with Crippen LogP contribution in [0.1, 0.15) is 51.4 Å². The van der Waals surface area contributed by atoms with Crippen LogP contribution in [-0.4, -0.2) is 24.9 Å². The molecule has 1 aromatic rings. The highest BCUT2D eigenvalue weighted by Crippen LogP contribution is 2.26. The molecule has 1 aliphatic carbocycles. The number of carbonyl (C=O) groups excluding carboxylic acids is 2. The second-order valence-corrected chi connectivity index (χ2v) is 7.35. The zero-order chi connectivity index (χ0) is 17.5. The molecule has 3 N–H and O–H groups in total. The lowest BCUT2D eigenvalue weighted by atomic mass is 9.87. The van der Waals surface area contributed by atoms with E-state index in [9.17, 15) is 9.59 Å². The quantitative estimate of drug-likeness (QED) is 0.725. The van der Waals surface area contributed by atoms with E-state index in [2.05, 4.69) is 16.0 Å². The van der Waals surface area contributed by atoms with Crippen molar-refractivity contribution in [3.8, 4) is 0 Å². The van der Waals surface area contributed by atoms with E-state index < -0.39 is 0 Å². The third-order valence-electron chi connectivity index (χ3n) is 5.34. The van der Waals surface area contributed by atoms with Gasteiger partial charge in [-0.15, -0.1) is 12.4 Å². The summed E-state index contributed by atoms with van der Waals surface area (Å²) >= 11 is 0. The van der Waals surface area contributed by atoms with Crippen molar-refractivity contribution in [2.45, 2.75) is 51.4 Å². The Labute approximate surface area is 162 Å². The smallest absolute Gasteiger partial charge is 0.227 e. The average Bonchev–Trinajstić information content (AvgIpc) is 2.65. The van der Waals surface area contributed by atoms with E-state index in [4.69, 9.17) is 0 Å². The van der Waals surface area contributed by atoms with Crippen LogP contribution in [-0.2, 0) is 9.59 Å². The first kappa shape index (κ1) is 20.7. The molecular formula is C20H30ClN3O2. The minimum atomic E-state index is 0. The second kappa shape index (κ2) is 10.5. The highest BCUT2D eigenvalue weighted by molar-refractivity contribution is 5.94. The van der Waals surface area contributed by atoms with E-state index >= 15 is 0 Å². The summed E-state index contributed by atoms with van der Waals surface area (Å²) in [5.74, 6) is 0.822. The lowest BCUT2D eigenvalue weighted by molar-refractivity contribution is -0.120. The molecule has 0 bridgehead atoms. The zero-order valence-corrected chi connectivity index (χ0v) is 16.1. The molecule has 3 rings (SSSR count). The molecule has 0 unspecified atom stereocenters. The van der Waals surface area contributed by atoms with Crippen molar-refractivity contribution in [1.82, 2.24) is 5.32 Å². The Balaban J connectivity index is 0.00000243. The van der Waals surface area contributed by atoms with E-state index in [1.165, 1.54) is 32.1 Å². The summed E-state index contributed by atoms with van der Waals surface area (Å²) in [6, 6.07) is 7.43. The van der Waals surface area contributed by atoms with Crippen molar-refractivity contribution in [1.29, 1.82) is 0 Å². The Morgan fingerprint density at radius 2 is 1.46 bits per heavy atom. The summed E-state index contributed by atoms with van der Waals surface area (Å²) in [5.41, 5.74) is 1.58. The van der Waals surface area contributed by atoms with Gasteiger partial charge in [-0.05, 0) is 69.0 Å². The molecule has 2 fully saturated rings. The van der Waals surface area contributed by atoms with Crippen molar-refractivity contribution in [2.24, 2.45) is 11.8 Å². The Morgan fingerprint density at radius 1 is 0.885 bits per heavy atom. The van der Waals surface area contributed by atoms with Crippen molar-refractivity contribution in [3.05, 3.63) is 24.3 Å². The van der Waals surface area contributed by atoms with E-state index in [0.717, 1.165) is 37.3 Å². The van der Waals surface area contributed by atoms with Gasteiger partial charge in [-0.3, -0.25) is 9.59 Å². The number of anilines is 2. The van der Waals surface area contributed by atoms with Gasteiger partial charge in [0.2, 0.25) is 11.8 Å². The standard InChI is InChI=1S/C20H29N3O2.ClH/c24-19(14-15-4-2-1-3-5-15)22-17-6-8-18(9-7-17)23-20(25)16-10-12-21-13-11-16;/h6-9,15-16,21H,1-5,10-14H2,(H,22,24)(H,23,25);1H. The van der Waals surface area contributed by atoms with Gasteiger partial charge >= 0.3 is 0 Å². The van der Waals surface area contributed by atoms with Gasteiger partial charge in [0.1, 0.15) is 0 Å². The number of amides is 2. The molecule has 0 aromatic heterocycles. The molecule has 6 heteroatoms. The summed E-state index contributed by atoms with van der Waals surface area (Å²) < 4.78 is 0. The summed E-state index contributed by atoms with van der Waals surface area (Å²) in [5, 5.41) is 9.22. The fraction of sp³-hybridized carbons (Fsp3) is 0.600. The summed E-state index contributed by atoms with van der Waals surface area (Å²) in [6.07, 6.45) is 8.57. The fourth-order valence-electron chi connectivity index (χ4n) is 3.83. The molecule has 5 nitrogen and oxygen atoms in total. The fourth-order valence-corrected chi connectivity index (χ4v) is 3.83. The van der Waals surface area contributed by atoms with E-state index in [1.807, 2.05) is 24.3 Å². The van der Waals surface area contributed by atoms with Crippen LogP contribution in [0.15, 0.2) is 24.3 Å².